The molecular formula is C17H16N4O2S2. The van der Waals surface area contributed by atoms with Gasteiger partial charge in [-0.05, 0) is 43.3 Å². The number of aromatic nitrogens is 2. The summed E-state index contributed by atoms with van der Waals surface area (Å²) in [5, 5.41) is 10.6. The first-order valence-corrected chi connectivity index (χ1v) is 9.19. The molecule has 0 aliphatic carbocycles. The van der Waals surface area contributed by atoms with Crippen molar-refractivity contribution in [3.05, 3.63) is 54.6 Å². The predicted octanol–water partition coefficient (Wildman–Crippen LogP) is 4.03. The Bertz CT molecular complexity index is 837. The number of carbonyl (C=O) groups excluding carboxylic acids is 1. The van der Waals surface area contributed by atoms with Crippen LogP contribution in [0.2, 0.25) is 0 Å². The van der Waals surface area contributed by atoms with E-state index in [-0.39, 0.29) is 11.2 Å². The van der Waals surface area contributed by atoms with Crippen LogP contribution in [-0.4, -0.2) is 21.4 Å². The van der Waals surface area contributed by atoms with Gasteiger partial charge in [0.25, 0.3) is 0 Å². The Hall–Kier alpha value is -2.58. The van der Waals surface area contributed by atoms with Crippen LogP contribution in [0.25, 0.3) is 0 Å². The van der Waals surface area contributed by atoms with E-state index in [9.17, 15) is 4.79 Å². The molecule has 25 heavy (non-hydrogen) atoms. The van der Waals surface area contributed by atoms with E-state index in [4.69, 9.17) is 10.5 Å². The summed E-state index contributed by atoms with van der Waals surface area (Å²) in [6.07, 6.45) is 0. The van der Waals surface area contributed by atoms with E-state index < -0.39 is 0 Å². The highest BCUT2D eigenvalue weighted by molar-refractivity contribution is 8.02. The number of nitrogen functional groups attached to an aromatic ring is 1. The first-order valence-electron chi connectivity index (χ1n) is 7.49. The van der Waals surface area contributed by atoms with Crippen LogP contribution in [-0.2, 0) is 4.79 Å². The quantitative estimate of drug-likeness (QED) is 0.635. The van der Waals surface area contributed by atoms with E-state index in [1.807, 2.05) is 49.4 Å². The molecule has 0 radical (unpaired) electrons. The van der Waals surface area contributed by atoms with Crippen LogP contribution >= 0.6 is 23.1 Å². The van der Waals surface area contributed by atoms with Crippen molar-refractivity contribution >= 4 is 39.8 Å². The lowest BCUT2D eigenvalue weighted by molar-refractivity contribution is -0.115. The molecule has 0 saturated carbocycles. The molecule has 1 heterocycles. The molecule has 0 saturated heterocycles. The van der Waals surface area contributed by atoms with E-state index in [0.717, 1.165) is 5.75 Å². The molecule has 2 aromatic carbocycles. The van der Waals surface area contributed by atoms with E-state index in [1.165, 1.54) is 23.1 Å². The van der Waals surface area contributed by atoms with Gasteiger partial charge < -0.3 is 15.8 Å². The van der Waals surface area contributed by atoms with Gasteiger partial charge in [0.15, 0.2) is 4.34 Å². The molecule has 0 fully saturated rings. The van der Waals surface area contributed by atoms with E-state index in [2.05, 4.69) is 15.5 Å². The molecule has 8 heteroatoms. The molecule has 0 spiro atoms. The van der Waals surface area contributed by atoms with Crippen molar-refractivity contribution in [2.45, 2.75) is 16.5 Å². The maximum Gasteiger partial charge on any atom is 0.237 e. The summed E-state index contributed by atoms with van der Waals surface area (Å²) in [5.74, 6) is 1.35. The number of thioether (sulfide) groups is 1. The Morgan fingerprint density at radius 2 is 1.80 bits per heavy atom. The molecule has 0 aliphatic rings. The third-order valence-corrected chi connectivity index (χ3v) is 5.11. The molecule has 3 N–H and O–H groups in total. The second-order valence-corrected chi connectivity index (χ2v) is 7.69. The Kier molecular flexibility index (Phi) is 5.52. The van der Waals surface area contributed by atoms with Gasteiger partial charge in [0.1, 0.15) is 11.5 Å². The number of para-hydroxylation sites is 1. The molecule has 0 bridgehead atoms. The van der Waals surface area contributed by atoms with Crippen LogP contribution in [0.5, 0.6) is 11.5 Å². The number of amides is 1. The third-order valence-electron chi connectivity index (χ3n) is 3.17. The number of ether oxygens (including phenoxy) is 1. The lowest BCUT2D eigenvalue weighted by atomic mass is 10.3. The summed E-state index contributed by atoms with van der Waals surface area (Å²) in [6.45, 7) is 1.81. The zero-order valence-electron chi connectivity index (χ0n) is 13.4. The molecule has 1 amide bonds. The Morgan fingerprint density at radius 1 is 1.12 bits per heavy atom. The molecule has 6 nitrogen and oxygen atoms in total. The van der Waals surface area contributed by atoms with Crippen LogP contribution in [0.1, 0.15) is 6.92 Å². The van der Waals surface area contributed by atoms with Crippen molar-refractivity contribution in [3.8, 4) is 11.5 Å². The summed E-state index contributed by atoms with van der Waals surface area (Å²) in [7, 11) is 0. The average Bonchev–Trinajstić information content (AvgIpc) is 3.02. The zero-order chi connectivity index (χ0) is 17.6. The number of anilines is 2. The summed E-state index contributed by atoms with van der Waals surface area (Å²) in [6, 6.07) is 16.7. The number of hydrogen-bond acceptors (Lipinski definition) is 7. The number of nitrogens with two attached hydrogens (primary N) is 1. The molecule has 128 valence electrons. The number of hydrogen-bond donors (Lipinski definition) is 2. The Balaban J connectivity index is 1.56. The minimum Gasteiger partial charge on any atom is -0.457 e. The first-order chi connectivity index (χ1) is 12.1. The van der Waals surface area contributed by atoms with Gasteiger partial charge in [-0.1, -0.05) is 41.3 Å². The van der Waals surface area contributed by atoms with Gasteiger partial charge in [-0.2, -0.15) is 0 Å². The van der Waals surface area contributed by atoms with Crippen molar-refractivity contribution < 1.29 is 9.53 Å². The van der Waals surface area contributed by atoms with Crippen molar-refractivity contribution in [2.75, 3.05) is 11.1 Å². The van der Waals surface area contributed by atoms with Crippen molar-refractivity contribution in [2.24, 2.45) is 0 Å². The maximum atomic E-state index is 12.3. The molecule has 1 aromatic heterocycles. The second kappa shape index (κ2) is 8.00. The second-order valence-electron chi connectivity index (χ2n) is 5.10. The van der Waals surface area contributed by atoms with Gasteiger partial charge in [-0.3, -0.25) is 4.79 Å². The van der Waals surface area contributed by atoms with Crippen molar-refractivity contribution in [1.82, 2.24) is 10.2 Å². The topological polar surface area (TPSA) is 90.1 Å². The van der Waals surface area contributed by atoms with Gasteiger partial charge in [0.05, 0.1) is 5.25 Å². The lowest BCUT2D eigenvalue weighted by Crippen LogP contribution is -2.22. The number of rotatable bonds is 6. The Morgan fingerprint density at radius 3 is 2.44 bits per heavy atom. The summed E-state index contributed by atoms with van der Waals surface area (Å²) < 4.78 is 6.40. The van der Waals surface area contributed by atoms with Crippen LogP contribution in [0.4, 0.5) is 10.8 Å². The third kappa shape index (κ3) is 4.94. The number of benzene rings is 2. The fourth-order valence-corrected chi connectivity index (χ4v) is 3.73. The minimum atomic E-state index is -0.312. The molecule has 1 atom stereocenters. The molecular weight excluding hydrogens is 356 g/mol. The monoisotopic (exact) mass is 372 g/mol. The van der Waals surface area contributed by atoms with Gasteiger partial charge in [0.2, 0.25) is 11.0 Å². The van der Waals surface area contributed by atoms with Crippen LogP contribution in [0.15, 0.2) is 58.9 Å². The van der Waals surface area contributed by atoms with Gasteiger partial charge in [0, 0.05) is 5.69 Å². The SMILES string of the molecule is CC(Sc1nnc(N)s1)C(=O)Nc1ccc(Oc2ccccc2)cc1. The fourth-order valence-electron chi connectivity index (χ4n) is 1.95. The van der Waals surface area contributed by atoms with Crippen LogP contribution < -0.4 is 15.8 Å². The minimum absolute atomic E-state index is 0.115. The number of nitrogens with one attached hydrogen (secondary N) is 1. The predicted molar refractivity (Wildman–Crippen MR) is 101 cm³/mol. The standard InChI is InChI=1S/C17H16N4O2S2/c1-11(24-17-21-20-16(18)25-17)15(22)19-12-7-9-14(10-8-12)23-13-5-3-2-4-6-13/h2-11H,1H3,(H2,18,20)(H,19,22). The van der Waals surface area contributed by atoms with Gasteiger partial charge in [-0.25, -0.2) is 0 Å². The smallest absolute Gasteiger partial charge is 0.237 e. The molecule has 1 unspecified atom stereocenters. The van der Waals surface area contributed by atoms with E-state index in [1.54, 1.807) is 12.1 Å². The average molecular weight is 372 g/mol. The van der Waals surface area contributed by atoms with Gasteiger partial charge in [-0.15, -0.1) is 10.2 Å². The molecule has 3 aromatic rings. The van der Waals surface area contributed by atoms with E-state index >= 15 is 0 Å². The maximum absolute atomic E-state index is 12.3. The van der Waals surface area contributed by atoms with Crippen LogP contribution in [0, 0.1) is 0 Å². The van der Waals surface area contributed by atoms with Gasteiger partial charge >= 0.3 is 0 Å². The summed E-state index contributed by atoms with van der Waals surface area (Å²) in [4.78, 5) is 12.3. The largest absolute Gasteiger partial charge is 0.457 e. The highest BCUT2D eigenvalue weighted by Crippen LogP contribution is 2.28. The van der Waals surface area contributed by atoms with Crippen molar-refractivity contribution in [3.63, 3.8) is 0 Å². The number of nitrogens with zero attached hydrogens (tertiary/aromatic N) is 2. The van der Waals surface area contributed by atoms with Crippen LogP contribution in [0.3, 0.4) is 0 Å². The molecule has 3 rings (SSSR count). The highest BCUT2D eigenvalue weighted by atomic mass is 32.2. The summed E-state index contributed by atoms with van der Waals surface area (Å²) in [5.41, 5.74) is 6.25. The fraction of sp³-hybridized carbons (Fsp3) is 0.118. The Labute approximate surface area is 153 Å². The first kappa shape index (κ1) is 17.2. The number of carbonyl (C=O) groups is 1. The molecule has 0 aliphatic heterocycles. The summed E-state index contributed by atoms with van der Waals surface area (Å²) >= 11 is 2.59. The zero-order valence-corrected chi connectivity index (χ0v) is 15.0. The van der Waals surface area contributed by atoms with E-state index in [0.29, 0.717) is 20.9 Å². The lowest BCUT2D eigenvalue weighted by Gasteiger charge is -2.11. The van der Waals surface area contributed by atoms with Crippen molar-refractivity contribution in [1.29, 1.82) is 0 Å². The normalized spacial score (nSPS) is 11.7. The highest BCUT2D eigenvalue weighted by Gasteiger charge is 2.17.